The van der Waals surface area contributed by atoms with E-state index < -0.39 is 0 Å². The van der Waals surface area contributed by atoms with Crippen molar-refractivity contribution in [1.82, 2.24) is 5.32 Å². The zero-order chi connectivity index (χ0) is 14.4. The quantitative estimate of drug-likeness (QED) is 0.731. The molecule has 2 heteroatoms. The van der Waals surface area contributed by atoms with Crippen LogP contribution in [0.1, 0.15) is 57.4 Å². The van der Waals surface area contributed by atoms with E-state index in [4.69, 9.17) is 11.6 Å². The molecule has 0 amide bonds. The van der Waals surface area contributed by atoms with Crippen LogP contribution in [0.25, 0.3) is 0 Å². The molecule has 20 heavy (non-hydrogen) atoms. The summed E-state index contributed by atoms with van der Waals surface area (Å²) >= 11 is 6.18. The van der Waals surface area contributed by atoms with Crippen LogP contribution in [0.2, 0.25) is 5.02 Å². The lowest BCUT2D eigenvalue weighted by atomic mass is 9.82. The Labute approximate surface area is 129 Å². The summed E-state index contributed by atoms with van der Waals surface area (Å²) in [5.41, 5.74) is 1.44. The zero-order valence-electron chi connectivity index (χ0n) is 12.9. The van der Waals surface area contributed by atoms with E-state index in [2.05, 4.69) is 37.4 Å². The Morgan fingerprint density at radius 3 is 2.75 bits per heavy atom. The number of nitrogens with one attached hydrogen (secondary N) is 1. The van der Waals surface area contributed by atoms with Gasteiger partial charge in [-0.05, 0) is 61.4 Å². The van der Waals surface area contributed by atoms with Crippen molar-refractivity contribution >= 4 is 11.6 Å². The van der Waals surface area contributed by atoms with Gasteiger partial charge in [0.1, 0.15) is 0 Å². The monoisotopic (exact) mass is 293 g/mol. The summed E-state index contributed by atoms with van der Waals surface area (Å²) in [4.78, 5) is 0. The Morgan fingerprint density at radius 2 is 2.00 bits per heavy atom. The lowest BCUT2D eigenvalue weighted by molar-refractivity contribution is 0.366. The molecule has 1 aromatic carbocycles. The molecule has 1 N–H and O–H groups in total. The van der Waals surface area contributed by atoms with Crippen LogP contribution in [0, 0.1) is 11.8 Å². The third-order valence-corrected chi connectivity index (χ3v) is 4.63. The minimum Gasteiger partial charge on any atom is -0.316 e. The van der Waals surface area contributed by atoms with Gasteiger partial charge in [-0.1, -0.05) is 56.8 Å². The van der Waals surface area contributed by atoms with Gasteiger partial charge in [0.15, 0.2) is 0 Å². The van der Waals surface area contributed by atoms with Gasteiger partial charge >= 0.3 is 0 Å². The molecule has 112 valence electrons. The van der Waals surface area contributed by atoms with Crippen LogP contribution in [0.3, 0.4) is 0 Å². The maximum Gasteiger partial charge on any atom is 0.0408 e. The molecule has 2 rings (SSSR count). The Hall–Kier alpha value is -0.530. The zero-order valence-corrected chi connectivity index (χ0v) is 13.6. The van der Waals surface area contributed by atoms with Crippen molar-refractivity contribution in [3.8, 4) is 0 Å². The summed E-state index contributed by atoms with van der Waals surface area (Å²) in [5, 5.41) is 4.54. The van der Waals surface area contributed by atoms with Crippen molar-refractivity contribution in [2.45, 2.75) is 51.9 Å². The van der Waals surface area contributed by atoms with E-state index in [9.17, 15) is 0 Å². The van der Waals surface area contributed by atoms with E-state index in [0.717, 1.165) is 29.9 Å². The van der Waals surface area contributed by atoms with E-state index in [1.54, 1.807) is 0 Å². The third-order valence-electron chi connectivity index (χ3n) is 4.40. The van der Waals surface area contributed by atoms with Crippen molar-refractivity contribution in [3.63, 3.8) is 0 Å². The Morgan fingerprint density at radius 1 is 1.20 bits per heavy atom. The first kappa shape index (κ1) is 15.9. The van der Waals surface area contributed by atoms with Crippen LogP contribution in [0.4, 0.5) is 0 Å². The van der Waals surface area contributed by atoms with Gasteiger partial charge in [0, 0.05) is 5.02 Å². The molecule has 2 unspecified atom stereocenters. The Balaban J connectivity index is 2.04. The molecule has 0 radical (unpaired) electrons. The highest BCUT2D eigenvalue weighted by molar-refractivity contribution is 6.30. The minimum absolute atomic E-state index is 0.677. The maximum absolute atomic E-state index is 6.18. The summed E-state index contributed by atoms with van der Waals surface area (Å²) in [6.45, 7) is 6.82. The van der Waals surface area contributed by atoms with Gasteiger partial charge in [-0.25, -0.2) is 0 Å². The molecule has 0 heterocycles. The lowest BCUT2D eigenvalue weighted by Crippen LogP contribution is -2.29. The second-order valence-corrected chi connectivity index (χ2v) is 7.05. The highest BCUT2D eigenvalue weighted by atomic mass is 35.5. The van der Waals surface area contributed by atoms with E-state index in [-0.39, 0.29) is 0 Å². The van der Waals surface area contributed by atoms with Gasteiger partial charge in [0.2, 0.25) is 0 Å². The molecule has 1 saturated carbocycles. The van der Waals surface area contributed by atoms with Crippen molar-refractivity contribution in [2.75, 3.05) is 13.1 Å². The predicted molar refractivity (Wildman–Crippen MR) is 88.5 cm³/mol. The summed E-state index contributed by atoms with van der Waals surface area (Å²) in [6, 6.07) is 8.51. The summed E-state index contributed by atoms with van der Waals surface area (Å²) < 4.78 is 0. The Bertz CT molecular complexity index is 402. The molecule has 0 spiro atoms. The molecular formula is C18H28ClN. The number of hydrogen-bond acceptors (Lipinski definition) is 1. The molecule has 0 aliphatic heterocycles. The molecule has 1 aromatic rings. The van der Waals surface area contributed by atoms with Crippen molar-refractivity contribution < 1.29 is 0 Å². The van der Waals surface area contributed by atoms with Crippen molar-refractivity contribution in [2.24, 2.45) is 11.8 Å². The average Bonchev–Trinajstić information content (AvgIpc) is 2.64. The minimum atomic E-state index is 0.677. The topological polar surface area (TPSA) is 12.0 Å². The van der Waals surface area contributed by atoms with Gasteiger partial charge in [-0.15, -0.1) is 0 Å². The van der Waals surface area contributed by atoms with Gasteiger partial charge in [0.05, 0.1) is 0 Å². The predicted octanol–water partition coefficient (Wildman–Crippen LogP) is 5.25. The molecule has 1 aliphatic rings. The highest BCUT2D eigenvalue weighted by Gasteiger charge is 2.25. The lowest BCUT2D eigenvalue weighted by Gasteiger charge is -2.26. The van der Waals surface area contributed by atoms with E-state index in [0.29, 0.717) is 5.92 Å². The first-order valence-corrected chi connectivity index (χ1v) is 8.51. The van der Waals surface area contributed by atoms with Gasteiger partial charge < -0.3 is 5.32 Å². The SMILES string of the molecule is CC(C)CNCC1CCCCCC1c1cccc(Cl)c1. The fraction of sp³-hybridized carbons (Fsp3) is 0.667. The molecule has 0 bridgehead atoms. The third kappa shape index (κ3) is 4.79. The first-order valence-electron chi connectivity index (χ1n) is 8.13. The van der Waals surface area contributed by atoms with Gasteiger partial charge in [-0.3, -0.25) is 0 Å². The standard InChI is InChI=1S/C18H28ClN/c1-14(2)12-20-13-16-7-4-3-5-10-18(16)15-8-6-9-17(19)11-15/h6,8-9,11,14,16,18,20H,3-5,7,10,12-13H2,1-2H3. The second kappa shape index (κ2) is 8.05. The molecular weight excluding hydrogens is 266 g/mol. The van der Waals surface area contributed by atoms with Crippen LogP contribution in [0.5, 0.6) is 0 Å². The molecule has 1 fully saturated rings. The fourth-order valence-corrected chi connectivity index (χ4v) is 3.56. The van der Waals surface area contributed by atoms with Crippen LogP contribution in [-0.4, -0.2) is 13.1 Å². The van der Waals surface area contributed by atoms with Crippen LogP contribution in [-0.2, 0) is 0 Å². The molecule has 0 aromatic heterocycles. The maximum atomic E-state index is 6.18. The number of rotatable bonds is 5. The van der Waals surface area contributed by atoms with Crippen molar-refractivity contribution in [3.05, 3.63) is 34.9 Å². The number of benzene rings is 1. The molecule has 2 atom stereocenters. The van der Waals surface area contributed by atoms with E-state index in [1.165, 1.54) is 37.7 Å². The van der Waals surface area contributed by atoms with Crippen molar-refractivity contribution in [1.29, 1.82) is 0 Å². The molecule has 1 aliphatic carbocycles. The van der Waals surface area contributed by atoms with E-state index in [1.807, 2.05) is 6.07 Å². The second-order valence-electron chi connectivity index (χ2n) is 6.61. The highest BCUT2D eigenvalue weighted by Crippen LogP contribution is 2.37. The van der Waals surface area contributed by atoms with E-state index >= 15 is 0 Å². The van der Waals surface area contributed by atoms with Crippen LogP contribution >= 0.6 is 11.6 Å². The fourth-order valence-electron chi connectivity index (χ4n) is 3.36. The number of halogens is 1. The summed E-state index contributed by atoms with van der Waals surface area (Å²) in [7, 11) is 0. The van der Waals surface area contributed by atoms with Gasteiger partial charge in [0.25, 0.3) is 0 Å². The smallest absolute Gasteiger partial charge is 0.0408 e. The first-order chi connectivity index (χ1) is 9.66. The summed E-state index contributed by atoms with van der Waals surface area (Å²) in [6.07, 6.45) is 6.79. The average molecular weight is 294 g/mol. The largest absolute Gasteiger partial charge is 0.316 e. The normalized spacial score (nSPS) is 23.8. The molecule has 0 saturated heterocycles. The summed E-state index contributed by atoms with van der Waals surface area (Å²) in [5.74, 6) is 2.16. The molecule has 1 nitrogen and oxygen atoms in total. The van der Waals surface area contributed by atoms with Gasteiger partial charge in [-0.2, -0.15) is 0 Å². The Kier molecular flexibility index (Phi) is 6.38. The van der Waals surface area contributed by atoms with Crippen LogP contribution < -0.4 is 5.32 Å². The number of hydrogen-bond donors (Lipinski definition) is 1. The van der Waals surface area contributed by atoms with Crippen LogP contribution in [0.15, 0.2) is 24.3 Å².